The Hall–Kier alpha value is -2.40. The summed E-state index contributed by atoms with van der Waals surface area (Å²) in [5, 5.41) is 21.7. The molecule has 2 N–H and O–H groups in total. The molecule has 3 aliphatic rings. The molecule has 5 nitrogen and oxygen atoms in total. The topological polar surface area (TPSA) is 83.8 Å². The number of aromatic hydroxyl groups is 1. The summed E-state index contributed by atoms with van der Waals surface area (Å²) in [6, 6.07) is 13.8. The zero-order chi connectivity index (χ0) is 33.5. The van der Waals surface area contributed by atoms with Gasteiger partial charge in [-0.2, -0.15) is 22.0 Å². The number of aliphatic hydroxyl groups is 1. The van der Waals surface area contributed by atoms with Gasteiger partial charge in [0.2, 0.25) is 0 Å². The van der Waals surface area contributed by atoms with Gasteiger partial charge in [-0.1, -0.05) is 25.1 Å². The first kappa shape index (κ1) is 34.9. The van der Waals surface area contributed by atoms with E-state index in [4.69, 9.17) is 4.74 Å². The van der Waals surface area contributed by atoms with E-state index in [1.54, 1.807) is 6.07 Å². The van der Waals surface area contributed by atoms with Crippen molar-refractivity contribution < 1.29 is 45.3 Å². The van der Waals surface area contributed by atoms with Gasteiger partial charge in [-0.15, -0.1) is 0 Å². The third-order valence-corrected chi connectivity index (χ3v) is 13.1. The maximum Gasteiger partial charge on any atom is 0.453 e. The molecule has 5 rings (SSSR count). The van der Waals surface area contributed by atoms with Crippen molar-refractivity contribution in [1.82, 2.24) is 0 Å². The normalized spacial score (nSPS) is 29.6. The van der Waals surface area contributed by atoms with Gasteiger partial charge in [0, 0.05) is 6.42 Å². The Bertz CT molecular complexity index is 1470. The van der Waals surface area contributed by atoms with Crippen LogP contribution in [-0.2, 0) is 16.3 Å². The van der Waals surface area contributed by atoms with E-state index in [1.807, 2.05) is 25.1 Å². The van der Waals surface area contributed by atoms with Gasteiger partial charge in [0.15, 0.2) is 0 Å². The van der Waals surface area contributed by atoms with E-state index in [9.17, 15) is 40.6 Å². The predicted molar refractivity (Wildman–Crippen MR) is 166 cm³/mol. The van der Waals surface area contributed by atoms with E-state index in [0.717, 1.165) is 32.1 Å². The first-order valence-corrected chi connectivity index (χ1v) is 18.2. The van der Waals surface area contributed by atoms with Crippen LogP contribution in [0.4, 0.5) is 22.0 Å². The average Bonchev–Trinajstić information content (AvgIpc) is 3.21. The highest BCUT2D eigenvalue weighted by Gasteiger charge is 2.62. The van der Waals surface area contributed by atoms with Gasteiger partial charge < -0.3 is 14.9 Å². The van der Waals surface area contributed by atoms with Crippen LogP contribution in [0, 0.1) is 17.3 Å². The van der Waals surface area contributed by atoms with Gasteiger partial charge in [-0.25, -0.2) is 8.42 Å². The molecule has 0 heterocycles. The average molecular weight is 673 g/mol. The number of ether oxygens (including phenoxy) is 1. The number of aryl methyl sites for hydroxylation is 1. The number of unbranched alkanes of at least 4 members (excludes halogenated alkanes) is 2. The first-order valence-electron chi connectivity index (χ1n) is 16.4. The van der Waals surface area contributed by atoms with Crippen LogP contribution < -0.4 is 4.74 Å². The number of halogens is 5. The molecule has 0 radical (unpaired) electrons. The van der Waals surface area contributed by atoms with Gasteiger partial charge in [0.05, 0.1) is 23.7 Å². The van der Waals surface area contributed by atoms with E-state index in [1.165, 1.54) is 16.7 Å². The minimum Gasteiger partial charge on any atom is -0.508 e. The zero-order valence-corrected chi connectivity index (χ0v) is 27.3. The van der Waals surface area contributed by atoms with Crippen molar-refractivity contribution in [2.24, 2.45) is 17.3 Å². The molecule has 6 atom stereocenters. The molecule has 0 saturated heterocycles. The van der Waals surface area contributed by atoms with Gasteiger partial charge >= 0.3 is 12.1 Å². The Morgan fingerprint density at radius 3 is 2.33 bits per heavy atom. The summed E-state index contributed by atoms with van der Waals surface area (Å²) in [5.41, 5.74) is 2.75. The fourth-order valence-electron chi connectivity index (χ4n) is 8.60. The summed E-state index contributed by atoms with van der Waals surface area (Å²) < 4.78 is 93.0. The van der Waals surface area contributed by atoms with Crippen LogP contribution in [0.15, 0.2) is 42.5 Å². The third-order valence-electron chi connectivity index (χ3n) is 11.3. The number of phenolic OH excluding ortho intramolecular Hbond substituents is 1. The maximum absolute atomic E-state index is 13.0. The number of sulfone groups is 1. The molecular formula is C35H45F5O5S. The third kappa shape index (κ3) is 7.05. The lowest BCUT2D eigenvalue weighted by atomic mass is 9.49. The van der Waals surface area contributed by atoms with Crippen molar-refractivity contribution in [1.29, 1.82) is 0 Å². The standard InChI is InChI=1S/C35H45F5O5S/c1-32-22-29(31-27-14-10-25(41)21-24(27)9-13-28(31)30(32)15-17-33(32,2)42)23-7-11-26(12-8-23)45-18-4-3-5-19-46(43,44)20-6-16-34(36,37)35(38,39)40/h7-8,10-12,14,21,28-31,41-42H,3-6,9,13,15-20,22H2,1-2H3/t28-,29+,30-,31+,32-,33-/m0/s1. The highest BCUT2D eigenvalue weighted by molar-refractivity contribution is 7.91. The molecule has 0 aromatic heterocycles. The van der Waals surface area contributed by atoms with E-state index >= 15 is 0 Å². The lowest BCUT2D eigenvalue weighted by Crippen LogP contribution is -2.51. The van der Waals surface area contributed by atoms with Gasteiger partial charge in [-0.05, 0) is 135 Å². The highest BCUT2D eigenvalue weighted by atomic mass is 32.2. The quantitative estimate of drug-likeness (QED) is 0.175. The van der Waals surface area contributed by atoms with Crippen molar-refractivity contribution in [3.63, 3.8) is 0 Å². The van der Waals surface area contributed by atoms with Crippen molar-refractivity contribution in [2.75, 3.05) is 18.1 Å². The summed E-state index contributed by atoms with van der Waals surface area (Å²) in [6.45, 7) is 4.60. The smallest absolute Gasteiger partial charge is 0.453 e. The second-order valence-electron chi connectivity index (χ2n) is 14.2. The van der Waals surface area contributed by atoms with Crippen molar-refractivity contribution in [2.45, 2.75) is 108 Å². The highest BCUT2D eigenvalue weighted by Crippen LogP contribution is 2.67. The maximum atomic E-state index is 13.0. The molecule has 2 aromatic rings. The molecule has 0 amide bonds. The number of hydrogen-bond acceptors (Lipinski definition) is 5. The molecule has 256 valence electrons. The van der Waals surface area contributed by atoms with Crippen LogP contribution in [0.25, 0.3) is 0 Å². The number of hydrogen-bond donors (Lipinski definition) is 2. The van der Waals surface area contributed by atoms with E-state index in [-0.39, 0.29) is 29.3 Å². The summed E-state index contributed by atoms with van der Waals surface area (Å²) >= 11 is 0. The number of benzene rings is 2. The van der Waals surface area contributed by atoms with Gasteiger partial charge in [-0.3, -0.25) is 0 Å². The zero-order valence-electron chi connectivity index (χ0n) is 26.5. The number of alkyl halides is 5. The number of rotatable bonds is 12. The Morgan fingerprint density at radius 1 is 0.935 bits per heavy atom. The minimum atomic E-state index is -5.68. The van der Waals surface area contributed by atoms with Crippen LogP contribution in [0.1, 0.15) is 100 Å². The Balaban J connectivity index is 1.16. The molecular weight excluding hydrogens is 627 g/mol. The fourth-order valence-corrected chi connectivity index (χ4v) is 10.0. The van der Waals surface area contributed by atoms with E-state index in [2.05, 4.69) is 25.1 Å². The summed E-state index contributed by atoms with van der Waals surface area (Å²) in [5.74, 6) is -3.53. The van der Waals surface area contributed by atoms with Crippen LogP contribution in [0.3, 0.4) is 0 Å². The molecule has 2 saturated carbocycles. The van der Waals surface area contributed by atoms with Gasteiger partial charge in [0.25, 0.3) is 0 Å². The molecule has 0 aliphatic heterocycles. The SMILES string of the molecule is C[C@]1(O)CC[C@H]2[C@@H]3CCc4cc(O)ccc4[C@H]3[C@@H](c3ccc(OCCCCCS(=O)(=O)CCCC(F)(F)C(F)(F)F)cc3)C[C@@]21C. The molecule has 11 heteroatoms. The fraction of sp³-hybridized carbons (Fsp3) is 0.657. The van der Waals surface area contributed by atoms with Crippen LogP contribution >= 0.6 is 0 Å². The second kappa shape index (κ2) is 12.9. The van der Waals surface area contributed by atoms with E-state index < -0.39 is 46.1 Å². The van der Waals surface area contributed by atoms with Gasteiger partial charge in [0.1, 0.15) is 21.3 Å². The molecule has 0 bridgehead atoms. The minimum absolute atomic E-state index is 0.190. The molecule has 46 heavy (non-hydrogen) atoms. The lowest BCUT2D eigenvalue weighted by Gasteiger charge is -2.56. The van der Waals surface area contributed by atoms with Crippen LogP contribution in [0.5, 0.6) is 11.5 Å². The largest absolute Gasteiger partial charge is 0.508 e. The first-order chi connectivity index (χ1) is 21.4. The molecule has 2 fully saturated rings. The number of phenols is 1. The van der Waals surface area contributed by atoms with E-state index in [0.29, 0.717) is 43.0 Å². The Morgan fingerprint density at radius 2 is 1.63 bits per heavy atom. The molecule has 0 unspecified atom stereocenters. The predicted octanol–water partition coefficient (Wildman–Crippen LogP) is 8.33. The summed E-state index contributed by atoms with van der Waals surface area (Å²) in [7, 11) is -3.72. The summed E-state index contributed by atoms with van der Waals surface area (Å²) in [4.78, 5) is 0. The molecule has 2 aromatic carbocycles. The van der Waals surface area contributed by atoms with Crippen molar-refractivity contribution in [3.8, 4) is 11.5 Å². The van der Waals surface area contributed by atoms with Crippen molar-refractivity contribution >= 4 is 9.84 Å². The molecule has 0 spiro atoms. The monoisotopic (exact) mass is 672 g/mol. The van der Waals surface area contributed by atoms with Crippen LogP contribution in [0.2, 0.25) is 0 Å². The lowest BCUT2D eigenvalue weighted by molar-refractivity contribution is -0.284. The Labute approximate surface area is 268 Å². The van der Waals surface area contributed by atoms with Crippen molar-refractivity contribution in [3.05, 3.63) is 59.2 Å². The van der Waals surface area contributed by atoms with Crippen LogP contribution in [-0.4, -0.2) is 54.4 Å². The second-order valence-corrected chi connectivity index (χ2v) is 16.5. The summed E-state index contributed by atoms with van der Waals surface area (Å²) in [6.07, 6.45) is -1.98. The number of fused-ring (bicyclic) bond motifs is 5. The Kier molecular flexibility index (Phi) is 9.79. The molecule has 3 aliphatic carbocycles.